The van der Waals surface area contributed by atoms with Crippen molar-refractivity contribution in [2.45, 2.75) is 53.0 Å². The summed E-state index contributed by atoms with van der Waals surface area (Å²) in [5.41, 5.74) is 0. The fourth-order valence-corrected chi connectivity index (χ4v) is 2.26. The van der Waals surface area contributed by atoms with E-state index in [1.165, 1.54) is 31.6 Å². The summed E-state index contributed by atoms with van der Waals surface area (Å²) >= 11 is 0. The van der Waals surface area contributed by atoms with Gasteiger partial charge in [-0.15, -0.1) is 0 Å². The van der Waals surface area contributed by atoms with E-state index in [9.17, 15) is 0 Å². The summed E-state index contributed by atoms with van der Waals surface area (Å²) in [4.78, 5) is 7.03. The molecular weight excluding hydrogens is 172 g/mol. The maximum absolute atomic E-state index is 4.53. The Labute approximate surface area is 88.4 Å². The van der Waals surface area contributed by atoms with Crippen LogP contribution in [0.3, 0.4) is 0 Å². The van der Waals surface area contributed by atoms with E-state index in [1.54, 1.807) is 0 Å². The van der Waals surface area contributed by atoms with Crippen molar-refractivity contribution in [2.24, 2.45) is 10.9 Å². The lowest BCUT2D eigenvalue weighted by atomic mass is 9.98. The third kappa shape index (κ3) is 3.00. The molecule has 1 rings (SSSR count). The van der Waals surface area contributed by atoms with Gasteiger partial charge in [0.15, 0.2) is 0 Å². The van der Waals surface area contributed by atoms with Crippen LogP contribution in [0, 0.1) is 5.92 Å². The molecule has 0 aromatic carbocycles. The molecule has 1 atom stereocenters. The van der Waals surface area contributed by atoms with Crippen molar-refractivity contribution in [1.29, 1.82) is 0 Å². The molecule has 2 nitrogen and oxygen atoms in total. The Morgan fingerprint density at radius 2 is 2.21 bits per heavy atom. The molecule has 1 aliphatic rings. The van der Waals surface area contributed by atoms with Gasteiger partial charge in [0.05, 0.1) is 5.84 Å². The zero-order valence-corrected chi connectivity index (χ0v) is 10.1. The van der Waals surface area contributed by atoms with Crippen molar-refractivity contribution in [3.8, 4) is 0 Å². The predicted octanol–water partition coefficient (Wildman–Crippen LogP) is 2.94. The molecule has 1 unspecified atom stereocenters. The number of rotatable bonds is 4. The first-order valence-corrected chi connectivity index (χ1v) is 5.92. The van der Waals surface area contributed by atoms with Gasteiger partial charge in [0.25, 0.3) is 0 Å². The van der Waals surface area contributed by atoms with E-state index >= 15 is 0 Å². The zero-order valence-electron chi connectivity index (χ0n) is 10.1. The van der Waals surface area contributed by atoms with Gasteiger partial charge in [0, 0.05) is 19.1 Å². The first-order chi connectivity index (χ1) is 6.65. The van der Waals surface area contributed by atoms with Crippen LogP contribution in [0.4, 0.5) is 0 Å². The van der Waals surface area contributed by atoms with Crippen molar-refractivity contribution in [3.05, 3.63) is 0 Å². The molecule has 0 aliphatic carbocycles. The van der Waals surface area contributed by atoms with Crippen LogP contribution >= 0.6 is 0 Å². The molecule has 0 radical (unpaired) electrons. The van der Waals surface area contributed by atoms with E-state index in [4.69, 9.17) is 0 Å². The number of amidine groups is 1. The Kier molecular flexibility index (Phi) is 4.43. The van der Waals surface area contributed by atoms with E-state index in [1.807, 2.05) is 0 Å². The quantitative estimate of drug-likeness (QED) is 0.675. The number of aliphatic imine (C=N–C) groups is 1. The molecule has 2 heteroatoms. The van der Waals surface area contributed by atoms with Gasteiger partial charge in [-0.1, -0.05) is 20.8 Å². The van der Waals surface area contributed by atoms with Crippen molar-refractivity contribution < 1.29 is 0 Å². The summed E-state index contributed by atoms with van der Waals surface area (Å²) in [6, 6.07) is 0.743. The molecule has 0 spiro atoms. The second-order valence-electron chi connectivity index (χ2n) is 4.69. The summed E-state index contributed by atoms with van der Waals surface area (Å²) < 4.78 is 0. The smallest absolute Gasteiger partial charge is 0.0960 e. The van der Waals surface area contributed by atoms with Crippen LogP contribution in [-0.4, -0.2) is 29.9 Å². The van der Waals surface area contributed by atoms with Gasteiger partial charge in [-0.3, -0.25) is 4.99 Å². The third-order valence-electron chi connectivity index (χ3n) is 2.87. The second kappa shape index (κ2) is 5.38. The summed E-state index contributed by atoms with van der Waals surface area (Å²) in [5.74, 6) is 2.05. The Hall–Kier alpha value is -0.530. The number of nitrogens with zero attached hydrogens (tertiary/aromatic N) is 2. The monoisotopic (exact) mass is 196 g/mol. The highest BCUT2D eigenvalue weighted by atomic mass is 15.2. The topological polar surface area (TPSA) is 15.6 Å². The summed E-state index contributed by atoms with van der Waals surface area (Å²) in [5, 5.41) is 0. The molecule has 0 saturated carbocycles. The van der Waals surface area contributed by atoms with Gasteiger partial charge in [-0.05, 0) is 32.1 Å². The van der Waals surface area contributed by atoms with Crippen LogP contribution in [0.1, 0.15) is 47.0 Å². The Morgan fingerprint density at radius 3 is 2.79 bits per heavy atom. The lowest BCUT2D eigenvalue weighted by Crippen LogP contribution is -2.43. The fourth-order valence-electron chi connectivity index (χ4n) is 2.26. The highest BCUT2D eigenvalue weighted by Gasteiger charge is 2.22. The zero-order chi connectivity index (χ0) is 10.6. The predicted molar refractivity (Wildman–Crippen MR) is 62.8 cm³/mol. The molecule has 82 valence electrons. The van der Waals surface area contributed by atoms with E-state index in [2.05, 4.69) is 37.6 Å². The number of hydrogen-bond acceptors (Lipinski definition) is 2. The standard InChI is InChI=1S/C12H24N2/c1-5-8-14-11(4)13-7-6-12(14)9-10(2)3/h10,12H,5-9H2,1-4H3. The van der Waals surface area contributed by atoms with E-state index < -0.39 is 0 Å². The molecule has 0 fully saturated rings. The Morgan fingerprint density at radius 1 is 1.50 bits per heavy atom. The fraction of sp³-hybridized carbons (Fsp3) is 0.917. The van der Waals surface area contributed by atoms with E-state index in [0.29, 0.717) is 0 Å². The molecule has 0 aromatic heterocycles. The lowest BCUT2D eigenvalue weighted by molar-refractivity contribution is 0.245. The van der Waals surface area contributed by atoms with Crippen LogP contribution in [0.5, 0.6) is 0 Å². The van der Waals surface area contributed by atoms with Gasteiger partial charge in [-0.2, -0.15) is 0 Å². The second-order valence-corrected chi connectivity index (χ2v) is 4.69. The molecular formula is C12H24N2. The maximum Gasteiger partial charge on any atom is 0.0960 e. The minimum Gasteiger partial charge on any atom is -0.358 e. The number of hydrogen-bond donors (Lipinski definition) is 0. The summed E-state index contributed by atoms with van der Waals surface area (Å²) in [7, 11) is 0. The van der Waals surface area contributed by atoms with Crippen LogP contribution in [0.15, 0.2) is 4.99 Å². The molecule has 14 heavy (non-hydrogen) atoms. The molecule has 0 amide bonds. The minimum atomic E-state index is 0.743. The van der Waals surface area contributed by atoms with Gasteiger partial charge in [0.1, 0.15) is 0 Å². The molecule has 1 aliphatic heterocycles. The average Bonchev–Trinajstić information content (AvgIpc) is 2.10. The molecule has 0 N–H and O–H groups in total. The lowest BCUT2D eigenvalue weighted by Gasteiger charge is -2.37. The highest BCUT2D eigenvalue weighted by Crippen LogP contribution is 2.19. The van der Waals surface area contributed by atoms with Gasteiger partial charge in [-0.25, -0.2) is 0 Å². The van der Waals surface area contributed by atoms with Crippen molar-refractivity contribution in [3.63, 3.8) is 0 Å². The highest BCUT2D eigenvalue weighted by molar-refractivity contribution is 5.80. The SMILES string of the molecule is CCCN1C(C)=NCCC1CC(C)C. The van der Waals surface area contributed by atoms with Gasteiger partial charge >= 0.3 is 0 Å². The average molecular weight is 196 g/mol. The van der Waals surface area contributed by atoms with Crippen molar-refractivity contribution >= 4 is 5.84 Å². The molecule has 1 heterocycles. The molecule has 0 bridgehead atoms. The van der Waals surface area contributed by atoms with Crippen LogP contribution in [0.2, 0.25) is 0 Å². The molecule has 0 aromatic rings. The van der Waals surface area contributed by atoms with Crippen molar-refractivity contribution in [1.82, 2.24) is 4.90 Å². The van der Waals surface area contributed by atoms with Crippen LogP contribution in [0.25, 0.3) is 0 Å². The van der Waals surface area contributed by atoms with Crippen molar-refractivity contribution in [2.75, 3.05) is 13.1 Å². The van der Waals surface area contributed by atoms with Crippen LogP contribution in [-0.2, 0) is 0 Å². The molecule has 0 saturated heterocycles. The summed E-state index contributed by atoms with van der Waals surface area (Å²) in [6.45, 7) is 11.2. The normalized spacial score (nSPS) is 22.8. The first kappa shape index (κ1) is 11.5. The summed E-state index contributed by atoms with van der Waals surface area (Å²) in [6.07, 6.45) is 3.78. The largest absolute Gasteiger partial charge is 0.358 e. The first-order valence-electron chi connectivity index (χ1n) is 5.92. The van der Waals surface area contributed by atoms with Gasteiger partial charge < -0.3 is 4.90 Å². The maximum atomic E-state index is 4.53. The minimum absolute atomic E-state index is 0.743. The van der Waals surface area contributed by atoms with E-state index in [-0.39, 0.29) is 0 Å². The van der Waals surface area contributed by atoms with E-state index in [0.717, 1.165) is 18.5 Å². The Balaban J connectivity index is 2.59. The van der Waals surface area contributed by atoms with Crippen LogP contribution < -0.4 is 0 Å². The van der Waals surface area contributed by atoms with Gasteiger partial charge in [0.2, 0.25) is 0 Å². The Bertz CT molecular complexity index is 196. The third-order valence-corrected chi connectivity index (χ3v) is 2.87.